The lowest BCUT2D eigenvalue weighted by Gasteiger charge is -1.98. The van der Waals surface area contributed by atoms with Gasteiger partial charge in [0.1, 0.15) is 12.1 Å². The van der Waals surface area contributed by atoms with E-state index in [2.05, 4.69) is 20.3 Å². The Morgan fingerprint density at radius 2 is 2.43 bits per heavy atom. The third kappa shape index (κ3) is 1.60. The van der Waals surface area contributed by atoms with E-state index in [0.29, 0.717) is 11.2 Å². The zero-order valence-corrected chi connectivity index (χ0v) is 6.97. The van der Waals surface area contributed by atoms with Crippen molar-refractivity contribution >= 4 is 23.1 Å². The molecule has 0 unspecified atom stereocenters. The summed E-state index contributed by atoms with van der Waals surface area (Å²) in [5, 5.41) is 10.9. The molecule has 2 rings (SSSR count). The molecule has 2 aromatic rings. The predicted molar refractivity (Wildman–Crippen MR) is 45.7 cm³/mol. The number of nitrogens with zero attached hydrogens (tertiary/aromatic N) is 3. The fourth-order valence-electron chi connectivity index (χ4n) is 0.908. The Balaban J connectivity index is 2.21. The maximum absolute atomic E-state index is 10.2. The Bertz CT molecular complexity index is 467. The highest BCUT2D eigenvalue weighted by Crippen LogP contribution is 2.09. The standard InChI is InChI=1S/C7H6N4O3/c12-5(13)2-9-7-8-1-4-6(11-7)14-3-10-4/h1,3H,2H2,(H,12,13)(H,8,9,11). The summed E-state index contributed by atoms with van der Waals surface area (Å²) < 4.78 is 4.92. The number of oxazole rings is 1. The van der Waals surface area contributed by atoms with Gasteiger partial charge in [0, 0.05) is 0 Å². The van der Waals surface area contributed by atoms with Crippen molar-refractivity contribution in [2.75, 3.05) is 11.9 Å². The highest BCUT2D eigenvalue weighted by Gasteiger charge is 2.04. The molecule has 0 aromatic carbocycles. The number of fused-ring (bicyclic) bond motifs is 1. The molecule has 7 nitrogen and oxygen atoms in total. The van der Waals surface area contributed by atoms with Crippen molar-refractivity contribution in [1.82, 2.24) is 15.0 Å². The van der Waals surface area contributed by atoms with E-state index in [0.717, 1.165) is 0 Å². The van der Waals surface area contributed by atoms with Gasteiger partial charge in [0.2, 0.25) is 5.95 Å². The van der Waals surface area contributed by atoms with Crippen molar-refractivity contribution in [2.45, 2.75) is 0 Å². The smallest absolute Gasteiger partial charge is 0.322 e. The monoisotopic (exact) mass is 194 g/mol. The number of anilines is 1. The maximum Gasteiger partial charge on any atom is 0.322 e. The average molecular weight is 194 g/mol. The van der Waals surface area contributed by atoms with Crippen molar-refractivity contribution in [3.63, 3.8) is 0 Å². The average Bonchev–Trinajstić information content (AvgIpc) is 2.61. The fraction of sp³-hybridized carbons (Fsp3) is 0.143. The van der Waals surface area contributed by atoms with Crippen LogP contribution in [0.25, 0.3) is 11.2 Å². The molecule has 2 heterocycles. The minimum atomic E-state index is -0.980. The molecule has 2 N–H and O–H groups in total. The van der Waals surface area contributed by atoms with Gasteiger partial charge in [-0.2, -0.15) is 4.98 Å². The number of carboxylic acids is 1. The summed E-state index contributed by atoms with van der Waals surface area (Å²) in [4.78, 5) is 21.8. The molecule has 0 fully saturated rings. The van der Waals surface area contributed by atoms with E-state index < -0.39 is 5.97 Å². The van der Waals surface area contributed by atoms with E-state index >= 15 is 0 Å². The van der Waals surface area contributed by atoms with Gasteiger partial charge in [-0.25, -0.2) is 9.97 Å². The number of carboxylic acid groups (broad SMARTS) is 1. The molecular formula is C7H6N4O3. The van der Waals surface area contributed by atoms with E-state index in [1.807, 2.05) is 0 Å². The molecule has 0 radical (unpaired) electrons. The van der Waals surface area contributed by atoms with Gasteiger partial charge in [-0.05, 0) is 0 Å². The first-order valence-electron chi connectivity index (χ1n) is 3.77. The van der Waals surface area contributed by atoms with Gasteiger partial charge in [-0.3, -0.25) is 4.79 Å². The molecule has 0 amide bonds. The van der Waals surface area contributed by atoms with Gasteiger partial charge in [-0.15, -0.1) is 0 Å². The zero-order valence-electron chi connectivity index (χ0n) is 6.97. The number of carbonyl (C=O) groups is 1. The highest BCUT2D eigenvalue weighted by atomic mass is 16.4. The normalized spacial score (nSPS) is 10.3. The van der Waals surface area contributed by atoms with Crippen molar-refractivity contribution in [3.05, 3.63) is 12.6 Å². The van der Waals surface area contributed by atoms with Crippen LogP contribution >= 0.6 is 0 Å². The molecule has 7 heteroatoms. The van der Waals surface area contributed by atoms with E-state index in [1.165, 1.54) is 12.6 Å². The third-order valence-electron chi connectivity index (χ3n) is 1.49. The minimum Gasteiger partial charge on any atom is -0.480 e. The molecule has 0 saturated heterocycles. The van der Waals surface area contributed by atoms with Crippen LogP contribution in [-0.4, -0.2) is 32.6 Å². The van der Waals surface area contributed by atoms with Crippen LogP contribution in [0.4, 0.5) is 5.95 Å². The Hall–Kier alpha value is -2.18. The van der Waals surface area contributed by atoms with E-state index in [-0.39, 0.29) is 12.5 Å². The molecule has 0 atom stereocenters. The van der Waals surface area contributed by atoms with Gasteiger partial charge in [0.25, 0.3) is 5.71 Å². The highest BCUT2D eigenvalue weighted by molar-refractivity contribution is 5.72. The molecule has 0 aliphatic heterocycles. The fourth-order valence-corrected chi connectivity index (χ4v) is 0.908. The lowest BCUT2D eigenvalue weighted by atomic mass is 10.6. The summed E-state index contributed by atoms with van der Waals surface area (Å²) in [5.41, 5.74) is 0.860. The third-order valence-corrected chi connectivity index (χ3v) is 1.49. The number of nitrogens with one attached hydrogen (secondary N) is 1. The number of hydrogen-bond donors (Lipinski definition) is 2. The number of hydrogen-bond acceptors (Lipinski definition) is 6. The van der Waals surface area contributed by atoms with Crippen LogP contribution in [0.3, 0.4) is 0 Å². The van der Waals surface area contributed by atoms with Crippen molar-refractivity contribution < 1.29 is 14.3 Å². The second kappa shape index (κ2) is 3.29. The number of aromatic nitrogens is 3. The lowest BCUT2D eigenvalue weighted by molar-refractivity contribution is -0.134. The Morgan fingerprint density at radius 3 is 3.21 bits per heavy atom. The van der Waals surface area contributed by atoms with Crippen LogP contribution in [0, 0.1) is 0 Å². The van der Waals surface area contributed by atoms with Crippen LogP contribution in [0.1, 0.15) is 0 Å². The van der Waals surface area contributed by atoms with E-state index in [1.54, 1.807) is 0 Å². The van der Waals surface area contributed by atoms with Gasteiger partial charge < -0.3 is 14.8 Å². The van der Waals surface area contributed by atoms with E-state index in [4.69, 9.17) is 9.52 Å². The largest absolute Gasteiger partial charge is 0.480 e. The maximum atomic E-state index is 10.2. The SMILES string of the molecule is O=C(O)CNc1ncc2ncoc2n1. The second-order valence-electron chi connectivity index (χ2n) is 2.48. The molecule has 2 aromatic heterocycles. The first kappa shape index (κ1) is 8.42. The number of aliphatic carboxylic acids is 1. The summed E-state index contributed by atoms with van der Waals surface area (Å²) in [6, 6.07) is 0. The van der Waals surface area contributed by atoms with Crippen LogP contribution in [0.5, 0.6) is 0 Å². The molecular weight excluding hydrogens is 188 g/mol. The summed E-state index contributed by atoms with van der Waals surface area (Å²) >= 11 is 0. The van der Waals surface area contributed by atoms with Gasteiger partial charge >= 0.3 is 5.97 Å². The molecule has 0 saturated carbocycles. The first-order chi connectivity index (χ1) is 6.75. The minimum absolute atomic E-state index is 0.205. The lowest BCUT2D eigenvalue weighted by Crippen LogP contribution is -2.14. The first-order valence-corrected chi connectivity index (χ1v) is 3.77. The topological polar surface area (TPSA) is 101 Å². The molecule has 0 bridgehead atoms. The summed E-state index contributed by atoms with van der Waals surface area (Å²) in [7, 11) is 0. The van der Waals surface area contributed by atoms with E-state index in [9.17, 15) is 4.79 Å². The Labute approximate surface area is 77.8 Å². The van der Waals surface area contributed by atoms with Crippen molar-refractivity contribution in [2.24, 2.45) is 0 Å². The predicted octanol–water partition coefficient (Wildman–Crippen LogP) is 0.114. The van der Waals surface area contributed by atoms with Gasteiger partial charge in [-0.1, -0.05) is 0 Å². The Morgan fingerprint density at radius 1 is 1.57 bits per heavy atom. The van der Waals surface area contributed by atoms with Crippen LogP contribution in [0.15, 0.2) is 17.0 Å². The Kier molecular flexibility index (Phi) is 1.98. The van der Waals surface area contributed by atoms with Crippen molar-refractivity contribution in [1.29, 1.82) is 0 Å². The molecule has 72 valence electrons. The van der Waals surface area contributed by atoms with Gasteiger partial charge in [0.05, 0.1) is 6.20 Å². The number of rotatable bonds is 3. The van der Waals surface area contributed by atoms with Crippen LogP contribution in [-0.2, 0) is 4.79 Å². The zero-order chi connectivity index (χ0) is 9.97. The molecule has 0 aliphatic carbocycles. The summed E-state index contributed by atoms with van der Waals surface area (Å²) in [6.07, 6.45) is 2.70. The van der Waals surface area contributed by atoms with Crippen LogP contribution < -0.4 is 5.32 Å². The second-order valence-corrected chi connectivity index (χ2v) is 2.48. The summed E-state index contributed by atoms with van der Waals surface area (Å²) in [5.74, 6) is -0.775. The molecule has 14 heavy (non-hydrogen) atoms. The van der Waals surface area contributed by atoms with Gasteiger partial charge in [0.15, 0.2) is 6.39 Å². The molecule has 0 spiro atoms. The molecule has 0 aliphatic rings. The van der Waals surface area contributed by atoms with Crippen molar-refractivity contribution in [3.8, 4) is 0 Å². The summed E-state index contributed by atoms with van der Waals surface area (Å²) in [6.45, 7) is -0.236. The van der Waals surface area contributed by atoms with Crippen LogP contribution in [0.2, 0.25) is 0 Å². The quantitative estimate of drug-likeness (QED) is 0.715.